The first-order valence-corrected chi connectivity index (χ1v) is 4.95. The highest BCUT2D eigenvalue weighted by Gasteiger charge is 2.18. The lowest BCUT2D eigenvalue weighted by Crippen LogP contribution is -1.96. The molecule has 2 rings (SSSR count). The fourth-order valence-corrected chi connectivity index (χ4v) is 1.38. The van der Waals surface area contributed by atoms with Crippen molar-refractivity contribution in [2.24, 2.45) is 0 Å². The molecule has 0 bridgehead atoms. The van der Waals surface area contributed by atoms with E-state index >= 15 is 0 Å². The summed E-state index contributed by atoms with van der Waals surface area (Å²) in [5.41, 5.74) is -0.361. The molecule has 6 heteroatoms. The number of ether oxygens (including phenoxy) is 1. The zero-order valence-corrected chi connectivity index (χ0v) is 8.97. The summed E-state index contributed by atoms with van der Waals surface area (Å²) in [7, 11) is 0. The van der Waals surface area contributed by atoms with Crippen LogP contribution in [0.3, 0.4) is 0 Å². The molecule has 0 aliphatic carbocycles. The van der Waals surface area contributed by atoms with Crippen LogP contribution in [0.5, 0.6) is 11.5 Å². The Kier molecular flexibility index (Phi) is 3.18. The number of rotatable bonds is 3. The number of hydrogen-bond acceptors (Lipinski definition) is 3. The number of halogens is 2. The molecule has 0 aliphatic rings. The third kappa shape index (κ3) is 2.27. The van der Waals surface area contributed by atoms with Gasteiger partial charge in [-0.25, -0.2) is 8.78 Å². The minimum atomic E-state index is -0.923. The Labute approximate surface area is 101 Å². The maximum Gasteiger partial charge on any atom is 0.311 e. The summed E-state index contributed by atoms with van der Waals surface area (Å²) in [6.45, 7) is 0. The van der Waals surface area contributed by atoms with Crippen LogP contribution >= 0.6 is 0 Å². The van der Waals surface area contributed by atoms with Crippen LogP contribution in [0.15, 0.2) is 42.5 Å². The first kappa shape index (κ1) is 12.0. The second kappa shape index (κ2) is 4.79. The van der Waals surface area contributed by atoms with Crippen molar-refractivity contribution in [2.45, 2.75) is 0 Å². The Morgan fingerprint density at radius 3 is 2.22 bits per heavy atom. The topological polar surface area (TPSA) is 52.4 Å². The van der Waals surface area contributed by atoms with Crippen LogP contribution in [0.1, 0.15) is 0 Å². The highest BCUT2D eigenvalue weighted by atomic mass is 19.1. The van der Waals surface area contributed by atoms with E-state index in [2.05, 4.69) is 0 Å². The average Bonchev–Trinajstić information content (AvgIpc) is 2.34. The molecule has 2 aromatic carbocycles. The van der Waals surface area contributed by atoms with Crippen LogP contribution in [-0.4, -0.2) is 4.92 Å². The standard InChI is InChI=1S/C12H7F2NO3/c13-8-4-3-5-9(14)12(8)18-11-7-2-1-6-10(11)15(16)17/h1-7H. The maximum absolute atomic E-state index is 13.3. The second-order valence-corrected chi connectivity index (χ2v) is 3.38. The Morgan fingerprint density at radius 1 is 1.00 bits per heavy atom. The van der Waals surface area contributed by atoms with Crippen molar-refractivity contribution in [3.63, 3.8) is 0 Å². The lowest BCUT2D eigenvalue weighted by Gasteiger charge is -2.07. The van der Waals surface area contributed by atoms with E-state index in [4.69, 9.17) is 4.74 Å². The van der Waals surface area contributed by atoms with Gasteiger partial charge in [0.05, 0.1) is 4.92 Å². The number of nitro benzene ring substituents is 1. The Morgan fingerprint density at radius 2 is 1.61 bits per heavy atom. The largest absolute Gasteiger partial charge is 0.444 e. The monoisotopic (exact) mass is 251 g/mol. The molecule has 0 heterocycles. The minimum absolute atomic E-state index is 0.216. The quantitative estimate of drug-likeness (QED) is 0.617. The molecule has 0 radical (unpaired) electrons. The van der Waals surface area contributed by atoms with Crippen molar-refractivity contribution in [1.82, 2.24) is 0 Å². The SMILES string of the molecule is O=[N+]([O-])c1ccccc1Oc1c(F)cccc1F. The van der Waals surface area contributed by atoms with E-state index in [1.54, 1.807) is 0 Å². The zero-order valence-electron chi connectivity index (χ0n) is 8.97. The summed E-state index contributed by atoms with van der Waals surface area (Å²) in [5, 5.41) is 10.7. The molecule has 18 heavy (non-hydrogen) atoms. The molecule has 2 aromatic rings. The molecule has 0 fully saturated rings. The fourth-order valence-electron chi connectivity index (χ4n) is 1.38. The summed E-state index contributed by atoms with van der Waals surface area (Å²) in [4.78, 5) is 10.0. The van der Waals surface area contributed by atoms with Gasteiger partial charge in [-0.05, 0) is 18.2 Å². The van der Waals surface area contributed by atoms with Crippen molar-refractivity contribution in [1.29, 1.82) is 0 Å². The van der Waals surface area contributed by atoms with Crippen LogP contribution in [-0.2, 0) is 0 Å². The van der Waals surface area contributed by atoms with Gasteiger partial charge in [0.1, 0.15) is 0 Å². The van der Waals surface area contributed by atoms with E-state index in [1.165, 1.54) is 30.3 Å². The smallest absolute Gasteiger partial charge is 0.311 e. The van der Waals surface area contributed by atoms with E-state index in [-0.39, 0.29) is 11.4 Å². The molecule has 0 amide bonds. The Hall–Kier alpha value is -2.50. The highest BCUT2D eigenvalue weighted by Crippen LogP contribution is 2.33. The normalized spacial score (nSPS) is 10.1. The molecular formula is C12H7F2NO3. The van der Waals surface area contributed by atoms with E-state index in [0.717, 1.165) is 12.1 Å². The molecular weight excluding hydrogens is 244 g/mol. The second-order valence-electron chi connectivity index (χ2n) is 3.38. The van der Waals surface area contributed by atoms with Gasteiger partial charge < -0.3 is 4.74 Å². The van der Waals surface area contributed by atoms with Crippen LogP contribution in [0.25, 0.3) is 0 Å². The van der Waals surface area contributed by atoms with Crippen molar-refractivity contribution in [3.05, 3.63) is 64.2 Å². The Bertz CT molecular complexity index is 581. The lowest BCUT2D eigenvalue weighted by molar-refractivity contribution is -0.385. The van der Waals surface area contributed by atoms with Gasteiger partial charge in [0, 0.05) is 6.07 Å². The van der Waals surface area contributed by atoms with Crippen molar-refractivity contribution in [3.8, 4) is 11.5 Å². The third-order valence-electron chi connectivity index (χ3n) is 2.19. The van der Waals surface area contributed by atoms with Crippen LogP contribution in [0, 0.1) is 21.7 Å². The van der Waals surface area contributed by atoms with Gasteiger partial charge >= 0.3 is 5.69 Å². The number of nitrogens with zero attached hydrogens (tertiary/aromatic N) is 1. The number of para-hydroxylation sites is 3. The molecule has 0 aromatic heterocycles. The molecule has 0 saturated carbocycles. The van der Waals surface area contributed by atoms with Crippen molar-refractivity contribution >= 4 is 5.69 Å². The molecule has 0 aliphatic heterocycles. The summed E-state index contributed by atoms with van der Waals surface area (Å²) < 4.78 is 31.6. The third-order valence-corrected chi connectivity index (χ3v) is 2.19. The predicted octanol–water partition coefficient (Wildman–Crippen LogP) is 3.67. The van der Waals surface area contributed by atoms with Gasteiger partial charge in [0.15, 0.2) is 17.4 Å². The molecule has 0 unspecified atom stereocenters. The maximum atomic E-state index is 13.3. The van der Waals surface area contributed by atoms with Crippen molar-refractivity contribution in [2.75, 3.05) is 0 Å². The molecule has 0 saturated heterocycles. The fraction of sp³-hybridized carbons (Fsp3) is 0. The van der Waals surface area contributed by atoms with Gasteiger partial charge in [-0.15, -0.1) is 0 Å². The first-order chi connectivity index (χ1) is 8.59. The van der Waals surface area contributed by atoms with Gasteiger partial charge in [-0.2, -0.15) is 0 Å². The van der Waals surface area contributed by atoms with Crippen molar-refractivity contribution < 1.29 is 18.4 Å². The number of benzene rings is 2. The van der Waals surface area contributed by atoms with Gasteiger partial charge in [-0.1, -0.05) is 18.2 Å². The van der Waals surface area contributed by atoms with Crippen LogP contribution < -0.4 is 4.74 Å². The van der Waals surface area contributed by atoms with Crippen LogP contribution in [0.2, 0.25) is 0 Å². The van der Waals surface area contributed by atoms with Gasteiger partial charge in [0.25, 0.3) is 0 Å². The van der Waals surface area contributed by atoms with E-state index in [0.29, 0.717) is 0 Å². The van der Waals surface area contributed by atoms with E-state index < -0.39 is 22.3 Å². The van der Waals surface area contributed by atoms with E-state index in [1.807, 2.05) is 0 Å². The van der Waals surface area contributed by atoms with Gasteiger partial charge in [0.2, 0.25) is 5.75 Å². The number of hydrogen-bond donors (Lipinski definition) is 0. The lowest BCUT2D eigenvalue weighted by atomic mass is 10.3. The summed E-state index contributed by atoms with van der Waals surface area (Å²) in [6.07, 6.45) is 0. The average molecular weight is 251 g/mol. The van der Waals surface area contributed by atoms with Crippen LogP contribution in [0.4, 0.5) is 14.5 Å². The summed E-state index contributed by atoms with van der Waals surface area (Å²) in [6, 6.07) is 8.55. The zero-order chi connectivity index (χ0) is 13.1. The van der Waals surface area contributed by atoms with Gasteiger partial charge in [-0.3, -0.25) is 10.1 Å². The van der Waals surface area contributed by atoms with E-state index in [9.17, 15) is 18.9 Å². The molecule has 92 valence electrons. The predicted molar refractivity (Wildman–Crippen MR) is 59.5 cm³/mol. The molecule has 0 spiro atoms. The molecule has 0 N–H and O–H groups in total. The minimum Gasteiger partial charge on any atom is -0.444 e. The molecule has 0 atom stereocenters. The molecule has 4 nitrogen and oxygen atoms in total. The summed E-state index contributed by atoms with van der Waals surface area (Å²) in [5.74, 6) is -2.72. The number of nitro groups is 1. The summed E-state index contributed by atoms with van der Waals surface area (Å²) >= 11 is 0. The first-order valence-electron chi connectivity index (χ1n) is 4.95. The highest BCUT2D eigenvalue weighted by molar-refractivity contribution is 5.48. The Balaban J connectivity index is 2.43.